The first-order valence-electron chi connectivity index (χ1n) is 12.3. The van der Waals surface area contributed by atoms with E-state index in [0.29, 0.717) is 43.6 Å². The molecule has 1 unspecified atom stereocenters. The molecule has 7 nitrogen and oxygen atoms in total. The quantitative estimate of drug-likeness (QED) is 0.555. The van der Waals surface area contributed by atoms with Crippen LogP contribution in [-0.2, 0) is 10.0 Å². The molecule has 0 bridgehead atoms. The number of benzene rings is 2. The van der Waals surface area contributed by atoms with E-state index in [0.717, 1.165) is 24.8 Å². The molecule has 0 aromatic heterocycles. The third-order valence-corrected chi connectivity index (χ3v) is 9.26. The highest BCUT2D eigenvalue weighted by Crippen LogP contribution is 2.32. The van der Waals surface area contributed by atoms with Gasteiger partial charge in [0, 0.05) is 42.7 Å². The minimum absolute atomic E-state index is 0.0315. The van der Waals surface area contributed by atoms with Crippen molar-refractivity contribution in [3.63, 3.8) is 0 Å². The number of likely N-dealkylation sites (tertiary alicyclic amines) is 1. The molecular weight excluding hydrogens is 464 g/mol. The Balaban J connectivity index is 1.49. The number of aryl methyl sites for hydroxylation is 1. The number of hydrogen-bond donors (Lipinski definition) is 0. The number of sulfonamides is 1. The Morgan fingerprint density at radius 1 is 0.914 bits per heavy atom. The van der Waals surface area contributed by atoms with Crippen LogP contribution in [0, 0.1) is 12.8 Å². The van der Waals surface area contributed by atoms with E-state index in [1.54, 1.807) is 17.0 Å². The fourth-order valence-corrected chi connectivity index (χ4v) is 6.93. The van der Waals surface area contributed by atoms with Crippen molar-refractivity contribution in [2.75, 3.05) is 26.7 Å². The van der Waals surface area contributed by atoms with Gasteiger partial charge in [-0.25, -0.2) is 8.42 Å². The van der Waals surface area contributed by atoms with Crippen LogP contribution in [0.2, 0.25) is 0 Å². The van der Waals surface area contributed by atoms with Gasteiger partial charge in [0.2, 0.25) is 10.0 Å². The lowest BCUT2D eigenvalue weighted by molar-refractivity contribution is 0.0650. The van der Waals surface area contributed by atoms with Crippen LogP contribution in [0.4, 0.5) is 0 Å². The molecule has 2 fully saturated rings. The second kappa shape index (κ2) is 10.5. The van der Waals surface area contributed by atoms with Crippen LogP contribution in [0.1, 0.15) is 65.3 Å². The molecule has 35 heavy (non-hydrogen) atoms. The van der Waals surface area contributed by atoms with Crippen molar-refractivity contribution >= 4 is 21.7 Å². The molecule has 2 aromatic carbocycles. The molecule has 2 aliphatic rings. The minimum Gasteiger partial charge on any atom is -0.495 e. The zero-order valence-electron chi connectivity index (χ0n) is 20.7. The number of methoxy groups -OCH3 is 1. The van der Waals surface area contributed by atoms with Crippen molar-refractivity contribution in [1.82, 2.24) is 9.21 Å². The first-order chi connectivity index (χ1) is 16.7. The Kier molecular flexibility index (Phi) is 7.62. The monoisotopic (exact) mass is 498 g/mol. The Morgan fingerprint density at radius 3 is 2.20 bits per heavy atom. The first kappa shape index (κ1) is 25.4. The van der Waals surface area contributed by atoms with Gasteiger partial charge in [0.05, 0.1) is 7.11 Å². The van der Waals surface area contributed by atoms with Crippen LogP contribution in [0.3, 0.4) is 0 Å². The molecule has 0 spiro atoms. The average Bonchev–Trinajstić information content (AvgIpc) is 2.88. The predicted molar refractivity (Wildman–Crippen MR) is 134 cm³/mol. The van der Waals surface area contributed by atoms with Gasteiger partial charge in [-0.1, -0.05) is 36.2 Å². The summed E-state index contributed by atoms with van der Waals surface area (Å²) < 4.78 is 33.8. The second-order valence-corrected chi connectivity index (χ2v) is 11.5. The van der Waals surface area contributed by atoms with Crippen LogP contribution < -0.4 is 4.74 Å². The molecule has 2 aliphatic heterocycles. The van der Waals surface area contributed by atoms with Gasteiger partial charge in [-0.05, 0) is 57.7 Å². The van der Waals surface area contributed by atoms with Gasteiger partial charge in [-0.3, -0.25) is 9.59 Å². The van der Waals surface area contributed by atoms with Crippen LogP contribution in [-0.4, -0.2) is 62.1 Å². The SMILES string of the molecule is COc1ccc(C(=O)N2CCC(C(=O)c3ccc(C)cc3)CC2)cc1S(=O)(=O)N1CCCCC1C. The van der Waals surface area contributed by atoms with Crippen molar-refractivity contribution in [1.29, 1.82) is 0 Å². The van der Waals surface area contributed by atoms with Crippen LogP contribution in [0.25, 0.3) is 0 Å². The highest BCUT2D eigenvalue weighted by atomic mass is 32.2. The van der Waals surface area contributed by atoms with Crippen LogP contribution in [0.15, 0.2) is 47.4 Å². The standard InChI is InChI=1S/C27H34N2O5S/c1-19-7-9-21(10-8-19)26(30)22-13-16-28(17-14-22)27(31)23-11-12-24(34-3)25(18-23)35(32,33)29-15-5-4-6-20(29)2/h7-12,18,20,22H,4-6,13-17H2,1-3H3. The van der Waals surface area contributed by atoms with Crippen LogP contribution in [0.5, 0.6) is 5.75 Å². The van der Waals surface area contributed by atoms with Crippen LogP contribution >= 0.6 is 0 Å². The zero-order valence-corrected chi connectivity index (χ0v) is 21.5. The van der Waals surface area contributed by atoms with E-state index < -0.39 is 10.0 Å². The molecule has 1 atom stereocenters. The third-order valence-electron chi connectivity index (χ3n) is 7.23. The molecule has 1 amide bonds. The number of Topliss-reactive ketones (excluding diaryl/α,β-unsaturated/α-hetero) is 1. The third kappa shape index (κ3) is 5.28. The maximum Gasteiger partial charge on any atom is 0.253 e. The van der Waals surface area contributed by atoms with Gasteiger partial charge < -0.3 is 9.64 Å². The van der Waals surface area contributed by atoms with Crippen molar-refractivity contribution in [3.8, 4) is 5.75 Å². The topological polar surface area (TPSA) is 84.0 Å². The summed E-state index contributed by atoms with van der Waals surface area (Å²) in [5, 5.41) is 0. The van der Waals surface area contributed by atoms with E-state index in [1.165, 1.54) is 17.5 Å². The molecular formula is C27H34N2O5S. The fourth-order valence-electron chi connectivity index (χ4n) is 5.05. The summed E-state index contributed by atoms with van der Waals surface area (Å²) in [6, 6.07) is 12.1. The molecule has 8 heteroatoms. The summed E-state index contributed by atoms with van der Waals surface area (Å²) in [5.74, 6) is 0.0125. The Morgan fingerprint density at radius 2 is 1.57 bits per heavy atom. The molecule has 0 radical (unpaired) electrons. The lowest BCUT2D eigenvalue weighted by Crippen LogP contribution is -2.42. The summed E-state index contributed by atoms with van der Waals surface area (Å²) in [4.78, 5) is 27.9. The Bertz CT molecular complexity index is 1180. The first-order valence-corrected chi connectivity index (χ1v) is 13.8. The Labute approximate surface area is 208 Å². The molecule has 2 saturated heterocycles. The maximum atomic E-state index is 13.5. The number of nitrogens with zero attached hydrogens (tertiary/aromatic N) is 2. The highest BCUT2D eigenvalue weighted by molar-refractivity contribution is 7.89. The number of carbonyl (C=O) groups is 2. The van der Waals surface area contributed by atoms with E-state index in [-0.39, 0.29) is 34.3 Å². The number of rotatable bonds is 6. The number of hydrogen-bond acceptors (Lipinski definition) is 5. The van der Waals surface area contributed by atoms with Gasteiger partial charge in [0.15, 0.2) is 5.78 Å². The van der Waals surface area contributed by atoms with Crippen molar-refractivity contribution in [2.24, 2.45) is 5.92 Å². The predicted octanol–water partition coefficient (Wildman–Crippen LogP) is 4.30. The highest BCUT2D eigenvalue weighted by Gasteiger charge is 2.34. The molecule has 0 N–H and O–H groups in total. The molecule has 0 saturated carbocycles. The van der Waals surface area contributed by atoms with Gasteiger partial charge in [0.1, 0.15) is 10.6 Å². The van der Waals surface area contributed by atoms with E-state index in [1.807, 2.05) is 38.1 Å². The summed E-state index contributed by atoms with van der Waals surface area (Å²) in [6.45, 7) is 5.28. The molecule has 0 aliphatic carbocycles. The second-order valence-electron chi connectivity index (χ2n) is 9.62. The normalized spacial score (nSPS) is 20.0. The molecule has 4 rings (SSSR count). The zero-order chi connectivity index (χ0) is 25.2. The summed E-state index contributed by atoms with van der Waals surface area (Å²) in [6.07, 6.45) is 3.82. The molecule has 2 aromatic rings. The fraction of sp³-hybridized carbons (Fsp3) is 0.481. The Hall–Kier alpha value is -2.71. The van der Waals surface area contributed by atoms with Gasteiger partial charge in [-0.2, -0.15) is 4.31 Å². The number of ether oxygens (including phenoxy) is 1. The average molecular weight is 499 g/mol. The number of piperidine rings is 2. The van der Waals surface area contributed by atoms with Crippen molar-refractivity contribution in [2.45, 2.75) is 56.9 Å². The van der Waals surface area contributed by atoms with E-state index in [4.69, 9.17) is 4.74 Å². The largest absolute Gasteiger partial charge is 0.495 e. The van der Waals surface area contributed by atoms with Crippen molar-refractivity contribution < 1.29 is 22.7 Å². The van der Waals surface area contributed by atoms with Gasteiger partial charge in [0.25, 0.3) is 5.91 Å². The van der Waals surface area contributed by atoms with Gasteiger partial charge >= 0.3 is 0 Å². The minimum atomic E-state index is -3.80. The van der Waals surface area contributed by atoms with E-state index >= 15 is 0 Å². The lowest BCUT2D eigenvalue weighted by Gasteiger charge is -2.33. The van der Waals surface area contributed by atoms with E-state index in [9.17, 15) is 18.0 Å². The smallest absolute Gasteiger partial charge is 0.253 e. The van der Waals surface area contributed by atoms with Crippen molar-refractivity contribution in [3.05, 3.63) is 59.2 Å². The van der Waals surface area contributed by atoms with Gasteiger partial charge in [-0.15, -0.1) is 0 Å². The summed E-state index contributed by atoms with van der Waals surface area (Å²) in [5.41, 5.74) is 2.13. The number of ketones is 1. The molecule has 2 heterocycles. The lowest BCUT2D eigenvalue weighted by atomic mass is 9.88. The molecule has 188 valence electrons. The summed E-state index contributed by atoms with van der Waals surface area (Å²) in [7, 11) is -2.37. The summed E-state index contributed by atoms with van der Waals surface area (Å²) >= 11 is 0. The number of carbonyl (C=O) groups excluding carboxylic acids is 2. The number of amides is 1. The van der Waals surface area contributed by atoms with E-state index in [2.05, 4.69) is 0 Å². The maximum absolute atomic E-state index is 13.5.